The van der Waals surface area contributed by atoms with Crippen molar-refractivity contribution in [1.29, 1.82) is 0 Å². The second-order valence-electron chi connectivity index (χ2n) is 11.0. The molecule has 32 heavy (non-hydrogen) atoms. The minimum Gasteiger partial charge on any atom is -0.469 e. The minimum absolute atomic E-state index is 0.00984. The number of Topliss-reactive ketones (excluding diaryl/α,β-unsaturated/α-hetero) is 1. The van der Waals surface area contributed by atoms with Gasteiger partial charge in [-0.15, -0.1) is 0 Å². The standard InChI is InChI=1S/C27H35NO4/c1-26-12-10-17(29)14-16(26)8-9-18-20(26)11-13-27(2,25(31)32-3)21(18)15-23-24(30)19-6-4-5-7-22(19)28-23/h4-7,15-18,20-21,28-29H,8-14H2,1-3H3/b23-15+/t16-,17+,18-,20+,21?,26+,27+/m1/s1. The zero-order chi connectivity index (χ0) is 22.7. The number of aliphatic hydroxyl groups is 1. The lowest BCUT2D eigenvalue weighted by Crippen LogP contribution is -2.55. The third-order valence-corrected chi connectivity index (χ3v) is 9.57. The fraction of sp³-hybridized carbons (Fsp3) is 0.630. The Morgan fingerprint density at radius 2 is 1.94 bits per heavy atom. The molecule has 0 bridgehead atoms. The summed E-state index contributed by atoms with van der Waals surface area (Å²) >= 11 is 0. The molecule has 0 aromatic heterocycles. The highest BCUT2D eigenvalue weighted by Gasteiger charge is 2.58. The first-order chi connectivity index (χ1) is 15.3. The van der Waals surface area contributed by atoms with E-state index in [-0.39, 0.29) is 29.2 Å². The Labute approximate surface area is 190 Å². The molecule has 3 aliphatic carbocycles. The number of hydrogen-bond donors (Lipinski definition) is 2. The maximum Gasteiger partial charge on any atom is 0.312 e. The number of esters is 1. The van der Waals surface area contributed by atoms with Crippen molar-refractivity contribution in [2.75, 3.05) is 12.4 Å². The first-order valence-corrected chi connectivity index (χ1v) is 12.2. The smallest absolute Gasteiger partial charge is 0.312 e. The monoisotopic (exact) mass is 437 g/mol. The molecule has 5 heteroatoms. The zero-order valence-corrected chi connectivity index (χ0v) is 19.4. The van der Waals surface area contributed by atoms with Gasteiger partial charge >= 0.3 is 5.97 Å². The summed E-state index contributed by atoms with van der Waals surface area (Å²) in [6.45, 7) is 4.45. The van der Waals surface area contributed by atoms with Crippen LogP contribution in [-0.4, -0.2) is 30.1 Å². The summed E-state index contributed by atoms with van der Waals surface area (Å²) in [5.74, 6) is 1.14. The number of allylic oxidation sites excluding steroid dienone is 2. The summed E-state index contributed by atoms with van der Waals surface area (Å²) in [5, 5.41) is 13.6. The van der Waals surface area contributed by atoms with Crippen LogP contribution >= 0.6 is 0 Å². The predicted molar refractivity (Wildman–Crippen MR) is 123 cm³/mol. The van der Waals surface area contributed by atoms with E-state index in [1.165, 1.54) is 7.11 Å². The number of anilines is 1. The molecule has 1 aromatic rings. The summed E-state index contributed by atoms with van der Waals surface area (Å²) < 4.78 is 5.30. The SMILES string of the molecule is COC(=O)[C@@]1(C)CC[C@H]2[C@@H](CC[C@@H]3C[C@@H](O)CC[C@@]32C)C1/C=C1/Nc2ccccc2C1=O. The van der Waals surface area contributed by atoms with Crippen LogP contribution in [0, 0.1) is 34.5 Å². The molecule has 7 atom stereocenters. The highest BCUT2D eigenvalue weighted by atomic mass is 16.5. The molecule has 5 nitrogen and oxygen atoms in total. The first kappa shape index (κ1) is 21.7. The molecule has 0 amide bonds. The van der Waals surface area contributed by atoms with E-state index in [1.54, 1.807) is 0 Å². The van der Waals surface area contributed by atoms with Gasteiger partial charge < -0.3 is 15.2 Å². The number of aliphatic hydroxyl groups excluding tert-OH is 1. The highest BCUT2D eigenvalue weighted by molar-refractivity contribution is 6.18. The molecule has 4 aliphatic rings. The molecule has 2 N–H and O–H groups in total. The molecule has 1 aromatic carbocycles. The molecular weight excluding hydrogens is 402 g/mol. The highest BCUT2D eigenvalue weighted by Crippen LogP contribution is 2.63. The number of ketones is 1. The fourth-order valence-electron chi connectivity index (χ4n) is 7.70. The Hall–Kier alpha value is -2.14. The minimum atomic E-state index is -0.642. The van der Waals surface area contributed by atoms with Gasteiger partial charge in [-0.1, -0.05) is 25.1 Å². The van der Waals surface area contributed by atoms with E-state index in [2.05, 4.69) is 18.3 Å². The van der Waals surface area contributed by atoms with E-state index < -0.39 is 5.41 Å². The number of carbonyl (C=O) groups is 2. The number of ether oxygens (including phenoxy) is 1. The maximum atomic E-state index is 13.1. The van der Waals surface area contributed by atoms with Gasteiger partial charge in [-0.3, -0.25) is 9.59 Å². The number of rotatable bonds is 2. The Morgan fingerprint density at radius 1 is 1.16 bits per heavy atom. The van der Waals surface area contributed by atoms with Crippen molar-refractivity contribution in [3.8, 4) is 0 Å². The van der Waals surface area contributed by atoms with Crippen LogP contribution in [0.2, 0.25) is 0 Å². The normalized spacial score (nSPS) is 41.9. The number of benzene rings is 1. The molecule has 1 unspecified atom stereocenters. The summed E-state index contributed by atoms with van der Waals surface area (Å²) in [4.78, 5) is 26.2. The molecule has 0 spiro atoms. The van der Waals surface area contributed by atoms with Crippen LogP contribution in [0.25, 0.3) is 0 Å². The molecule has 1 aliphatic heterocycles. The Balaban J connectivity index is 1.53. The largest absolute Gasteiger partial charge is 0.469 e. The molecule has 3 fully saturated rings. The molecule has 3 saturated carbocycles. The van der Waals surface area contributed by atoms with E-state index in [1.807, 2.05) is 31.2 Å². The second kappa shape index (κ2) is 7.72. The van der Waals surface area contributed by atoms with Gasteiger partial charge in [0.25, 0.3) is 0 Å². The Kier molecular flexibility index (Phi) is 5.23. The van der Waals surface area contributed by atoms with E-state index in [4.69, 9.17) is 4.74 Å². The van der Waals surface area contributed by atoms with Crippen LogP contribution < -0.4 is 5.32 Å². The van der Waals surface area contributed by atoms with E-state index in [0.717, 1.165) is 50.6 Å². The number of fused-ring (bicyclic) bond motifs is 4. The molecular formula is C27H35NO4. The van der Waals surface area contributed by atoms with Crippen LogP contribution in [0.1, 0.15) is 69.2 Å². The average Bonchev–Trinajstić information content (AvgIpc) is 3.11. The summed E-state index contributed by atoms with van der Waals surface area (Å²) in [7, 11) is 1.47. The lowest BCUT2D eigenvalue weighted by Gasteiger charge is -2.60. The van der Waals surface area contributed by atoms with E-state index >= 15 is 0 Å². The lowest BCUT2D eigenvalue weighted by atomic mass is 9.44. The van der Waals surface area contributed by atoms with Crippen molar-refractivity contribution < 1.29 is 19.4 Å². The van der Waals surface area contributed by atoms with Gasteiger partial charge in [0.05, 0.1) is 24.3 Å². The van der Waals surface area contributed by atoms with Gasteiger partial charge in [0.15, 0.2) is 0 Å². The fourth-order valence-corrected chi connectivity index (χ4v) is 7.70. The third kappa shape index (κ3) is 3.15. The van der Waals surface area contributed by atoms with Gasteiger partial charge in [-0.2, -0.15) is 0 Å². The number of methoxy groups -OCH3 is 1. The van der Waals surface area contributed by atoms with Crippen molar-refractivity contribution in [2.45, 2.75) is 64.9 Å². The van der Waals surface area contributed by atoms with Crippen LogP contribution in [0.15, 0.2) is 36.0 Å². The van der Waals surface area contributed by atoms with Gasteiger partial charge in [-0.25, -0.2) is 0 Å². The quantitative estimate of drug-likeness (QED) is 0.505. The third-order valence-electron chi connectivity index (χ3n) is 9.57. The van der Waals surface area contributed by atoms with E-state index in [0.29, 0.717) is 29.0 Å². The Morgan fingerprint density at radius 3 is 2.69 bits per heavy atom. The summed E-state index contributed by atoms with van der Waals surface area (Å²) in [6, 6.07) is 7.60. The van der Waals surface area contributed by atoms with Crippen LogP contribution in [0.3, 0.4) is 0 Å². The van der Waals surface area contributed by atoms with Gasteiger partial charge in [0, 0.05) is 11.3 Å². The molecule has 5 rings (SSSR count). The molecule has 0 saturated heterocycles. The van der Waals surface area contributed by atoms with Crippen LogP contribution in [-0.2, 0) is 9.53 Å². The van der Waals surface area contributed by atoms with Gasteiger partial charge in [-0.05, 0) is 93.1 Å². The average molecular weight is 438 g/mol. The number of hydrogen-bond acceptors (Lipinski definition) is 5. The van der Waals surface area contributed by atoms with Crippen LogP contribution in [0.5, 0.6) is 0 Å². The van der Waals surface area contributed by atoms with Crippen LogP contribution in [0.4, 0.5) is 5.69 Å². The topological polar surface area (TPSA) is 75.6 Å². The van der Waals surface area contributed by atoms with Crippen molar-refractivity contribution in [3.05, 3.63) is 41.6 Å². The van der Waals surface area contributed by atoms with Crippen molar-refractivity contribution >= 4 is 17.4 Å². The van der Waals surface area contributed by atoms with Crippen molar-refractivity contribution in [3.63, 3.8) is 0 Å². The number of para-hydroxylation sites is 1. The molecule has 172 valence electrons. The maximum absolute atomic E-state index is 13.1. The van der Waals surface area contributed by atoms with Gasteiger partial charge in [0.2, 0.25) is 5.78 Å². The Bertz CT molecular complexity index is 970. The number of carbonyl (C=O) groups excluding carboxylic acids is 2. The zero-order valence-electron chi connectivity index (χ0n) is 19.4. The summed E-state index contributed by atoms with van der Waals surface area (Å²) in [6.07, 6.45) is 8.57. The summed E-state index contributed by atoms with van der Waals surface area (Å²) in [5.41, 5.74) is 1.68. The lowest BCUT2D eigenvalue weighted by molar-refractivity contribution is -0.168. The van der Waals surface area contributed by atoms with Crippen molar-refractivity contribution in [1.82, 2.24) is 0 Å². The van der Waals surface area contributed by atoms with E-state index in [9.17, 15) is 14.7 Å². The second-order valence-corrected chi connectivity index (χ2v) is 11.0. The number of nitrogens with one attached hydrogen (secondary N) is 1. The van der Waals surface area contributed by atoms with Gasteiger partial charge in [0.1, 0.15) is 0 Å². The predicted octanol–water partition coefficient (Wildman–Crippen LogP) is 4.96. The molecule has 0 radical (unpaired) electrons. The first-order valence-electron chi connectivity index (χ1n) is 12.2. The van der Waals surface area contributed by atoms with Crippen molar-refractivity contribution in [2.24, 2.45) is 34.5 Å². The molecule has 1 heterocycles.